The van der Waals surface area contributed by atoms with Crippen LogP contribution in [-0.4, -0.2) is 23.9 Å². The van der Waals surface area contributed by atoms with Gasteiger partial charge in [0.2, 0.25) is 0 Å². The molecule has 0 saturated heterocycles. The number of sulfonamides is 1. The first-order valence-electron chi connectivity index (χ1n) is 9.96. The van der Waals surface area contributed by atoms with E-state index in [9.17, 15) is 8.42 Å². The molecule has 1 aliphatic carbocycles. The van der Waals surface area contributed by atoms with E-state index in [1.165, 1.54) is 0 Å². The van der Waals surface area contributed by atoms with Gasteiger partial charge in [0.1, 0.15) is 0 Å². The lowest BCUT2D eigenvalue weighted by molar-refractivity contribution is 0.364. The fraction of sp³-hybridized carbons (Fsp3) is 0.304. The Labute approximate surface area is 177 Å². The van der Waals surface area contributed by atoms with E-state index in [1.807, 2.05) is 48.9 Å². The summed E-state index contributed by atoms with van der Waals surface area (Å²) in [7, 11) is -3.74. The Morgan fingerprint density at radius 3 is 2.33 bits per heavy atom. The van der Waals surface area contributed by atoms with Gasteiger partial charge in [0.15, 0.2) is 0 Å². The van der Waals surface area contributed by atoms with Crippen molar-refractivity contribution in [3.8, 4) is 5.69 Å². The smallest absolute Gasteiger partial charge is 0.237 e. The second-order valence-corrected chi connectivity index (χ2v) is 10.3. The number of fused-ring (bicyclic) bond motifs is 1. The average Bonchev–Trinajstić information content (AvgIpc) is 3.02. The number of aryl methyl sites for hydroxylation is 2. The second-order valence-electron chi connectivity index (χ2n) is 8.64. The molecule has 0 saturated carbocycles. The van der Waals surface area contributed by atoms with Crippen molar-refractivity contribution in [2.45, 2.75) is 45.4 Å². The molecular formula is C23H26N4O2S. The fourth-order valence-electron chi connectivity index (χ4n) is 3.93. The monoisotopic (exact) mass is 422 g/mol. The molecule has 0 amide bonds. The van der Waals surface area contributed by atoms with Crippen LogP contribution < -0.4 is 4.83 Å². The quantitative estimate of drug-likeness (QED) is 0.642. The minimum Gasteiger partial charge on any atom is -0.237 e. The molecule has 0 unspecified atom stereocenters. The molecule has 6 nitrogen and oxygen atoms in total. The number of para-hydroxylation sites is 1. The molecule has 1 heterocycles. The highest BCUT2D eigenvalue weighted by Crippen LogP contribution is 2.37. The Bertz CT molecular complexity index is 1210. The normalized spacial score (nSPS) is 17.0. The van der Waals surface area contributed by atoms with E-state index in [4.69, 9.17) is 5.10 Å². The third-order valence-corrected chi connectivity index (χ3v) is 6.59. The van der Waals surface area contributed by atoms with Crippen LogP contribution in [0.25, 0.3) is 5.69 Å². The first kappa shape index (κ1) is 20.3. The van der Waals surface area contributed by atoms with E-state index in [1.54, 1.807) is 24.3 Å². The summed E-state index contributed by atoms with van der Waals surface area (Å²) in [6, 6.07) is 16.7. The number of hydrazone groups is 1. The molecule has 1 aliphatic rings. The molecule has 4 rings (SSSR count). The minimum absolute atomic E-state index is 0.0693. The summed E-state index contributed by atoms with van der Waals surface area (Å²) in [5.41, 5.74) is 5.48. The summed E-state index contributed by atoms with van der Waals surface area (Å²) in [6.45, 7) is 8.19. The topological polar surface area (TPSA) is 76.3 Å². The number of aromatic nitrogens is 2. The lowest BCUT2D eigenvalue weighted by Crippen LogP contribution is -2.31. The molecule has 0 radical (unpaired) electrons. The van der Waals surface area contributed by atoms with Crippen LogP contribution >= 0.6 is 0 Å². The Morgan fingerprint density at radius 1 is 1.00 bits per heavy atom. The summed E-state index contributed by atoms with van der Waals surface area (Å²) in [5.74, 6) is 0. The van der Waals surface area contributed by atoms with Crippen molar-refractivity contribution in [2.24, 2.45) is 10.5 Å². The van der Waals surface area contributed by atoms with E-state index in [0.717, 1.165) is 40.3 Å². The van der Waals surface area contributed by atoms with Gasteiger partial charge < -0.3 is 0 Å². The Morgan fingerprint density at radius 2 is 1.67 bits per heavy atom. The number of hydrogen-bond donors (Lipinski definition) is 1. The molecule has 1 N–H and O–H groups in total. The standard InChI is InChI=1S/C23H26N4O2S/c1-16-10-12-19(13-11-16)30(28,29)26-24-20-14-23(3,4)15-21-22(20)17(2)25-27(21)18-8-6-5-7-9-18/h5-13,26H,14-15H2,1-4H3/b24-20+. The molecule has 1 aromatic heterocycles. The average molecular weight is 423 g/mol. The third kappa shape index (κ3) is 3.89. The third-order valence-electron chi connectivity index (χ3n) is 5.37. The highest BCUT2D eigenvalue weighted by atomic mass is 32.2. The summed E-state index contributed by atoms with van der Waals surface area (Å²) < 4.78 is 27.4. The maximum Gasteiger partial charge on any atom is 0.276 e. The van der Waals surface area contributed by atoms with Crippen LogP contribution in [-0.2, 0) is 16.4 Å². The first-order valence-corrected chi connectivity index (χ1v) is 11.4. The minimum atomic E-state index is -3.74. The van der Waals surface area contributed by atoms with Crippen molar-refractivity contribution in [1.82, 2.24) is 14.6 Å². The number of nitrogens with zero attached hydrogens (tertiary/aromatic N) is 3. The van der Waals surface area contributed by atoms with E-state index >= 15 is 0 Å². The molecule has 7 heteroatoms. The van der Waals surface area contributed by atoms with E-state index < -0.39 is 10.0 Å². The van der Waals surface area contributed by atoms with Gasteiger partial charge in [-0.05, 0) is 56.4 Å². The van der Waals surface area contributed by atoms with Crippen LogP contribution in [0.3, 0.4) is 0 Å². The SMILES string of the molecule is Cc1ccc(S(=O)(=O)N/N=C2\CC(C)(C)Cc3c2c(C)nn3-c2ccccc2)cc1. The predicted molar refractivity (Wildman–Crippen MR) is 118 cm³/mol. The fourth-order valence-corrected chi connectivity index (χ4v) is 4.76. The lowest BCUT2D eigenvalue weighted by Gasteiger charge is -2.31. The van der Waals surface area contributed by atoms with Crippen LogP contribution in [0.1, 0.15) is 42.8 Å². The van der Waals surface area contributed by atoms with Gasteiger partial charge in [0.25, 0.3) is 10.0 Å². The Balaban J connectivity index is 1.75. The Kier molecular flexibility index (Phi) is 5.02. The predicted octanol–water partition coefficient (Wildman–Crippen LogP) is 4.14. The van der Waals surface area contributed by atoms with Crippen molar-refractivity contribution in [1.29, 1.82) is 0 Å². The van der Waals surface area contributed by atoms with Crippen molar-refractivity contribution in [3.05, 3.63) is 77.1 Å². The van der Waals surface area contributed by atoms with Crippen molar-refractivity contribution >= 4 is 15.7 Å². The molecule has 0 bridgehead atoms. The van der Waals surface area contributed by atoms with Crippen LogP contribution in [0.15, 0.2) is 64.6 Å². The maximum absolute atomic E-state index is 12.7. The second kappa shape index (κ2) is 7.40. The number of nitrogens with one attached hydrogen (secondary N) is 1. The summed E-state index contributed by atoms with van der Waals surface area (Å²) >= 11 is 0. The molecule has 0 spiro atoms. The van der Waals surface area contributed by atoms with Gasteiger partial charge in [-0.2, -0.15) is 23.4 Å². The van der Waals surface area contributed by atoms with Crippen molar-refractivity contribution < 1.29 is 8.42 Å². The van der Waals surface area contributed by atoms with Crippen molar-refractivity contribution in [3.63, 3.8) is 0 Å². The van der Waals surface area contributed by atoms with Crippen molar-refractivity contribution in [2.75, 3.05) is 0 Å². The molecule has 3 aromatic rings. The zero-order valence-electron chi connectivity index (χ0n) is 17.7. The highest BCUT2D eigenvalue weighted by Gasteiger charge is 2.35. The number of hydrogen-bond acceptors (Lipinski definition) is 4. The molecule has 0 fully saturated rings. The summed E-state index contributed by atoms with van der Waals surface area (Å²) in [4.78, 5) is 2.64. The first-order chi connectivity index (χ1) is 14.2. The highest BCUT2D eigenvalue weighted by molar-refractivity contribution is 7.89. The molecule has 0 atom stereocenters. The number of benzene rings is 2. The van der Waals surface area contributed by atoms with Crippen LogP contribution in [0.2, 0.25) is 0 Å². The van der Waals surface area contributed by atoms with Gasteiger partial charge in [-0.25, -0.2) is 4.68 Å². The van der Waals surface area contributed by atoms with Crippen LogP contribution in [0.5, 0.6) is 0 Å². The van der Waals surface area contributed by atoms with Crippen LogP contribution in [0, 0.1) is 19.3 Å². The summed E-state index contributed by atoms with van der Waals surface area (Å²) in [6.07, 6.45) is 1.50. The van der Waals surface area contributed by atoms with E-state index in [-0.39, 0.29) is 10.3 Å². The lowest BCUT2D eigenvalue weighted by atomic mass is 9.75. The van der Waals surface area contributed by atoms with Crippen LogP contribution in [0.4, 0.5) is 0 Å². The van der Waals surface area contributed by atoms with Gasteiger partial charge in [-0.1, -0.05) is 49.7 Å². The molecule has 0 aliphatic heterocycles. The molecule has 30 heavy (non-hydrogen) atoms. The van der Waals surface area contributed by atoms with Gasteiger partial charge in [0.05, 0.1) is 27.7 Å². The Hall–Kier alpha value is -2.93. The maximum atomic E-state index is 12.7. The molecule has 156 valence electrons. The zero-order valence-corrected chi connectivity index (χ0v) is 18.5. The number of rotatable bonds is 4. The molecular weight excluding hydrogens is 396 g/mol. The van der Waals surface area contributed by atoms with Gasteiger partial charge >= 0.3 is 0 Å². The van der Waals surface area contributed by atoms with Gasteiger partial charge in [0, 0.05) is 5.56 Å². The van der Waals surface area contributed by atoms with Gasteiger partial charge in [-0.15, -0.1) is 0 Å². The zero-order chi connectivity index (χ0) is 21.5. The largest absolute Gasteiger partial charge is 0.276 e. The summed E-state index contributed by atoms with van der Waals surface area (Å²) in [5, 5.41) is 9.13. The van der Waals surface area contributed by atoms with Gasteiger partial charge in [-0.3, -0.25) is 0 Å². The van der Waals surface area contributed by atoms with E-state index in [2.05, 4.69) is 23.8 Å². The molecule has 2 aromatic carbocycles. The van der Waals surface area contributed by atoms with E-state index in [0.29, 0.717) is 6.42 Å².